The predicted octanol–water partition coefficient (Wildman–Crippen LogP) is 2.81. The average Bonchev–Trinajstić information content (AvgIpc) is 2.74. The van der Waals surface area contributed by atoms with Crippen LogP contribution in [0.1, 0.15) is 17.5 Å². The Morgan fingerprint density at radius 3 is 2.00 bits per heavy atom. The number of hydrogen-bond acceptors (Lipinski definition) is 1. The Hall–Kier alpha value is -1.64. The normalized spacial score (nSPS) is 22.7. The van der Waals surface area contributed by atoms with Crippen LogP contribution in [0.4, 0.5) is 0 Å². The third-order valence-corrected chi connectivity index (χ3v) is 4.08. The van der Waals surface area contributed by atoms with Crippen molar-refractivity contribution in [3.8, 4) is 0 Å². The largest absolute Gasteiger partial charge is 0.315 e. The van der Waals surface area contributed by atoms with Crippen molar-refractivity contribution in [3.05, 3.63) is 71.8 Å². The van der Waals surface area contributed by atoms with Gasteiger partial charge in [0.1, 0.15) is 0 Å². The van der Waals surface area contributed by atoms with E-state index in [1.54, 1.807) is 0 Å². The van der Waals surface area contributed by atoms with Crippen molar-refractivity contribution in [1.29, 1.82) is 0 Å². The Kier molecular flexibility index (Phi) is 5.03. The highest BCUT2D eigenvalue weighted by molar-refractivity contribution is 5.18. The van der Waals surface area contributed by atoms with Gasteiger partial charge in [0.2, 0.25) is 0 Å². The Bertz CT molecular complexity index is 474. The Balaban J connectivity index is 1.61. The minimum Gasteiger partial charge on any atom is -0.315 e. The van der Waals surface area contributed by atoms with Gasteiger partial charge in [-0.1, -0.05) is 60.7 Å². The van der Waals surface area contributed by atoms with E-state index >= 15 is 0 Å². The van der Waals surface area contributed by atoms with Crippen LogP contribution >= 0.6 is 0 Å². The fourth-order valence-electron chi connectivity index (χ4n) is 3.01. The van der Waals surface area contributed by atoms with Crippen LogP contribution in [0, 0.1) is 0 Å². The summed E-state index contributed by atoms with van der Waals surface area (Å²) in [5.41, 5.74) is 2.78. The first kappa shape index (κ1) is 14.3. The Morgan fingerprint density at radius 1 is 0.810 bits per heavy atom. The van der Waals surface area contributed by atoms with Crippen molar-refractivity contribution in [2.24, 2.45) is 0 Å². The quantitative estimate of drug-likeness (QED) is 0.915. The molecule has 109 valence electrons. The molecular formula is C19H23N2. The molecule has 1 saturated heterocycles. The molecule has 1 radical (unpaired) electrons. The summed E-state index contributed by atoms with van der Waals surface area (Å²) in [6.45, 7) is 2.08. The van der Waals surface area contributed by atoms with Gasteiger partial charge in [0.15, 0.2) is 0 Å². The van der Waals surface area contributed by atoms with Gasteiger partial charge >= 0.3 is 0 Å². The zero-order valence-electron chi connectivity index (χ0n) is 12.4. The van der Waals surface area contributed by atoms with Gasteiger partial charge in [-0.2, -0.15) is 0 Å². The van der Waals surface area contributed by atoms with Crippen molar-refractivity contribution in [1.82, 2.24) is 10.6 Å². The molecule has 1 heterocycles. The van der Waals surface area contributed by atoms with Gasteiger partial charge < -0.3 is 5.32 Å². The number of hydrogen-bond donors (Lipinski definition) is 1. The third-order valence-electron chi connectivity index (χ3n) is 4.08. The molecule has 0 amide bonds. The van der Waals surface area contributed by atoms with E-state index in [4.69, 9.17) is 5.32 Å². The molecule has 0 spiro atoms. The second kappa shape index (κ2) is 7.39. The molecule has 3 rings (SSSR count). The lowest BCUT2D eigenvalue weighted by molar-refractivity contribution is 0.427. The molecule has 2 aromatic carbocycles. The molecule has 2 unspecified atom stereocenters. The van der Waals surface area contributed by atoms with Crippen LogP contribution in [0.25, 0.3) is 0 Å². The first-order valence-electron chi connectivity index (χ1n) is 7.88. The summed E-state index contributed by atoms with van der Waals surface area (Å²) in [5.74, 6) is 0. The monoisotopic (exact) mass is 279 g/mol. The van der Waals surface area contributed by atoms with Crippen LogP contribution in [0.15, 0.2) is 60.7 Å². The molecule has 21 heavy (non-hydrogen) atoms. The summed E-state index contributed by atoms with van der Waals surface area (Å²) in [6, 6.07) is 22.3. The number of rotatable bonds is 4. The molecule has 1 N–H and O–H groups in total. The Labute approximate surface area is 127 Å². The van der Waals surface area contributed by atoms with E-state index in [0.29, 0.717) is 12.1 Å². The van der Waals surface area contributed by atoms with E-state index in [1.165, 1.54) is 11.1 Å². The topological polar surface area (TPSA) is 26.1 Å². The van der Waals surface area contributed by atoms with E-state index in [1.807, 2.05) is 0 Å². The summed E-state index contributed by atoms with van der Waals surface area (Å²) in [4.78, 5) is 0. The van der Waals surface area contributed by atoms with Crippen LogP contribution < -0.4 is 10.6 Å². The van der Waals surface area contributed by atoms with Gasteiger partial charge in [-0.05, 0) is 36.9 Å². The zero-order chi connectivity index (χ0) is 14.3. The second-order valence-corrected chi connectivity index (χ2v) is 5.83. The van der Waals surface area contributed by atoms with Crippen molar-refractivity contribution >= 4 is 0 Å². The van der Waals surface area contributed by atoms with Crippen LogP contribution in [0.3, 0.4) is 0 Å². The smallest absolute Gasteiger partial charge is 0.0414 e. The summed E-state index contributed by atoms with van der Waals surface area (Å²) >= 11 is 0. The molecule has 0 bridgehead atoms. The predicted molar refractivity (Wildman–Crippen MR) is 87.5 cm³/mol. The molecule has 0 aromatic heterocycles. The van der Waals surface area contributed by atoms with Crippen molar-refractivity contribution in [3.63, 3.8) is 0 Å². The van der Waals surface area contributed by atoms with Gasteiger partial charge in [0, 0.05) is 18.6 Å². The molecule has 2 nitrogen and oxygen atoms in total. The van der Waals surface area contributed by atoms with E-state index in [0.717, 1.165) is 32.4 Å². The first-order chi connectivity index (χ1) is 10.4. The van der Waals surface area contributed by atoms with Gasteiger partial charge in [0.25, 0.3) is 0 Å². The molecule has 2 heteroatoms. The molecule has 2 atom stereocenters. The van der Waals surface area contributed by atoms with Crippen LogP contribution in [0.2, 0.25) is 0 Å². The fourth-order valence-corrected chi connectivity index (χ4v) is 3.01. The molecule has 0 saturated carbocycles. The Morgan fingerprint density at radius 2 is 1.38 bits per heavy atom. The minimum absolute atomic E-state index is 0.392. The van der Waals surface area contributed by atoms with Crippen LogP contribution in [0.5, 0.6) is 0 Å². The van der Waals surface area contributed by atoms with E-state index in [2.05, 4.69) is 66.0 Å². The van der Waals surface area contributed by atoms with E-state index in [9.17, 15) is 0 Å². The maximum absolute atomic E-state index is 5.10. The second-order valence-electron chi connectivity index (χ2n) is 5.83. The number of benzene rings is 2. The summed E-state index contributed by atoms with van der Waals surface area (Å²) < 4.78 is 0. The van der Waals surface area contributed by atoms with Gasteiger partial charge in [-0.15, -0.1) is 0 Å². The highest BCUT2D eigenvalue weighted by atomic mass is 15.0. The highest BCUT2D eigenvalue weighted by Gasteiger charge is 2.20. The molecule has 0 aliphatic carbocycles. The lowest BCUT2D eigenvalue weighted by Gasteiger charge is -2.20. The maximum atomic E-state index is 5.10. The van der Waals surface area contributed by atoms with Crippen LogP contribution in [-0.4, -0.2) is 25.2 Å². The van der Waals surface area contributed by atoms with Crippen molar-refractivity contribution in [2.75, 3.05) is 13.1 Å². The van der Waals surface area contributed by atoms with Gasteiger partial charge in [-0.3, -0.25) is 0 Å². The van der Waals surface area contributed by atoms with Crippen molar-refractivity contribution < 1.29 is 0 Å². The van der Waals surface area contributed by atoms with Gasteiger partial charge in [-0.25, -0.2) is 5.32 Å². The lowest BCUT2D eigenvalue weighted by atomic mass is 10.0. The minimum atomic E-state index is 0.392. The maximum Gasteiger partial charge on any atom is 0.0414 e. The molecule has 1 aliphatic rings. The summed E-state index contributed by atoms with van der Waals surface area (Å²) in [6.07, 6.45) is 3.24. The fraction of sp³-hybridized carbons (Fsp3) is 0.368. The zero-order valence-corrected chi connectivity index (χ0v) is 12.4. The van der Waals surface area contributed by atoms with E-state index in [-0.39, 0.29) is 0 Å². The number of nitrogens with one attached hydrogen (secondary N) is 1. The lowest BCUT2D eigenvalue weighted by Crippen LogP contribution is -2.36. The molecular weight excluding hydrogens is 256 g/mol. The SMILES string of the molecule is c1ccc(CC2CCNCC(Cc3ccccc3)[N]2)cc1. The summed E-state index contributed by atoms with van der Waals surface area (Å²) in [7, 11) is 0. The molecule has 1 fully saturated rings. The van der Waals surface area contributed by atoms with Gasteiger partial charge in [0.05, 0.1) is 0 Å². The highest BCUT2D eigenvalue weighted by Crippen LogP contribution is 2.12. The van der Waals surface area contributed by atoms with E-state index < -0.39 is 0 Å². The standard InChI is InChI=1S/C19H23N2/c1-3-7-16(8-4-1)13-18-11-12-20-15-19(21-18)14-17-9-5-2-6-10-17/h1-10,18-20H,11-15H2. The first-order valence-corrected chi connectivity index (χ1v) is 7.88. The number of nitrogens with zero attached hydrogens (tertiary/aromatic N) is 1. The van der Waals surface area contributed by atoms with Crippen LogP contribution in [-0.2, 0) is 12.8 Å². The third kappa shape index (κ3) is 4.42. The molecule has 2 aromatic rings. The summed E-state index contributed by atoms with van der Waals surface area (Å²) in [5, 5.41) is 8.64. The average molecular weight is 279 g/mol. The molecule has 1 aliphatic heterocycles. The van der Waals surface area contributed by atoms with Crippen molar-refractivity contribution in [2.45, 2.75) is 31.3 Å².